The summed E-state index contributed by atoms with van der Waals surface area (Å²) in [5, 5.41) is 16.9. The maximum atomic E-state index is 6.93. The van der Waals surface area contributed by atoms with Crippen molar-refractivity contribution >= 4 is 97.7 Å². The monoisotopic (exact) mass is 736 g/mol. The molecule has 268 valence electrons. The van der Waals surface area contributed by atoms with Crippen LogP contribution in [0.15, 0.2) is 203 Å². The van der Waals surface area contributed by atoms with Crippen LogP contribution in [0.3, 0.4) is 0 Å². The van der Waals surface area contributed by atoms with E-state index < -0.39 is 0 Å². The molecule has 58 heavy (non-hydrogen) atoms. The molecule has 0 atom stereocenters. The molecule has 0 bridgehead atoms. The highest BCUT2D eigenvalue weighted by Crippen LogP contribution is 2.50. The van der Waals surface area contributed by atoms with Gasteiger partial charge < -0.3 is 8.83 Å². The molecule has 0 saturated heterocycles. The molecule has 0 aliphatic rings. The number of hydrogen-bond acceptors (Lipinski definition) is 2. The third-order valence-corrected chi connectivity index (χ3v) is 12.4. The van der Waals surface area contributed by atoms with Crippen LogP contribution in [-0.4, -0.2) is 0 Å². The fourth-order valence-corrected chi connectivity index (χ4v) is 9.96. The molecule has 13 aromatic rings. The van der Waals surface area contributed by atoms with E-state index in [2.05, 4.69) is 182 Å². The minimum absolute atomic E-state index is 0.870. The summed E-state index contributed by atoms with van der Waals surface area (Å²) in [4.78, 5) is 0. The lowest BCUT2D eigenvalue weighted by atomic mass is 9.83. The Morgan fingerprint density at radius 1 is 0.241 bits per heavy atom. The van der Waals surface area contributed by atoms with E-state index in [-0.39, 0.29) is 0 Å². The third kappa shape index (κ3) is 4.37. The average molecular weight is 737 g/mol. The van der Waals surface area contributed by atoms with E-state index >= 15 is 0 Å². The van der Waals surface area contributed by atoms with Crippen molar-refractivity contribution in [3.63, 3.8) is 0 Å². The van der Waals surface area contributed by atoms with Gasteiger partial charge in [-0.2, -0.15) is 0 Å². The largest absolute Gasteiger partial charge is 0.456 e. The van der Waals surface area contributed by atoms with Crippen molar-refractivity contribution in [3.8, 4) is 33.4 Å². The Kier molecular flexibility index (Phi) is 6.47. The second-order valence-electron chi connectivity index (χ2n) is 15.5. The molecule has 0 fully saturated rings. The smallest absolute Gasteiger partial charge is 0.143 e. The Morgan fingerprint density at radius 3 is 1.48 bits per heavy atom. The summed E-state index contributed by atoms with van der Waals surface area (Å²) in [5.41, 5.74) is 10.5. The quantitative estimate of drug-likeness (QED) is 0.133. The number of fused-ring (bicyclic) bond motifs is 12. The van der Waals surface area contributed by atoms with Crippen LogP contribution in [0.5, 0.6) is 0 Å². The van der Waals surface area contributed by atoms with E-state index in [0.29, 0.717) is 0 Å². The lowest BCUT2D eigenvalue weighted by Gasteiger charge is -2.20. The van der Waals surface area contributed by atoms with Crippen LogP contribution >= 0.6 is 0 Å². The molecule has 0 saturated carbocycles. The summed E-state index contributed by atoms with van der Waals surface area (Å²) >= 11 is 0. The molecule has 0 unspecified atom stereocenters. The first-order chi connectivity index (χ1) is 28.8. The van der Waals surface area contributed by atoms with Crippen LogP contribution in [0, 0.1) is 0 Å². The minimum atomic E-state index is 0.870. The maximum Gasteiger partial charge on any atom is 0.143 e. The van der Waals surface area contributed by atoms with Gasteiger partial charge >= 0.3 is 0 Å². The van der Waals surface area contributed by atoms with Crippen molar-refractivity contribution in [1.82, 2.24) is 0 Å². The summed E-state index contributed by atoms with van der Waals surface area (Å²) < 4.78 is 13.3. The molecular weight excluding hydrogens is 705 g/mol. The van der Waals surface area contributed by atoms with Crippen LogP contribution in [0.2, 0.25) is 0 Å². The summed E-state index contributed by atoms with van der Waals surface area (Å²) in [6.07, 6.45) is 0. The van der Waals surface area contributed by atoms with Crippen molar-refractivity contribution in [2.75, 3.05) is 0 Å². The topological polar surface area (TPSA) is 26.3 Å². The highest BCUT2D eigenvalue weighted by molar-refractivity contribution is 6.29. The minimum Gasteiger partial charge on any atom is -0.456 e. The first kappa shape index (κ1) is 31.5. The van der Waals surface area contributed by atoms with E-state index in [1.807, 2.05) is 12.1 Å². The van der Waals surface area contributed by atoms with Crippen molar-refractivity contribution in [3.05, 3.63) is 194 Å². The zero-order chi connectivity index (χ0) is 37.9. The Balaban J connectivity index is 1.12. The molecule has 2 aromatic heterocycles. The number of benzene rings is 11. The van der Waals surface area contributed by atoms with Crippen LogP contribution < -0.4 is 0 Å². The van der Waals surface area contributed by atoms with Crippen LogP contribution in [-0.2, 0) is 0 Å². The SMILES string of the molecule is c1ccc2cc3c(ccc4c(-c5c6ccccc6c(-c6ccc(-c7cccc8oc9ccccc9c78)c7oc8ccccc8c67)c6ccccc56)cccc43)cc2c1. The normalized spacial score (nSPS) is 12.1. The summed E-state index contributed by atoms with van der Waals surface area (Å²) in [5.74, 6) is 0. The summed E-state index contributed by atoms with van der Waals surface area (Å²) in [6.45, 7) is 0. The van der Waals surface area contributed by atoms with Crippen LogP contribution in [0.25, 0.3) is 131 Å². The molecular formula is C56H32O2. The van der Waals surface area contributed by atoms with E-state index in [9.17, 15) is 0 Å². The van der Waals surface area contributed by atoms with Crippen LogP contribution in [0.4, 0.5) is 0 Å². The van der Waals surface area contributed by atoms with Gasteiger partial charge in [0.25, 0.3) is 0 Å². The molecule has 2 heterocycles. The van der Waals surface area contributed by atoms with Crippen molar-refractivity contribution < 1.29 is 8.83 Å². The van der Waals surface area contributed by atoms with Gasteiger partial charge in [0.1, 0.15) is 22.3 Å². The Labute approximate surface area is 332 Å². The number of furan rings is 2. The van der Waals surface area contributed by atoms with E-state index in [0.717, 1.165) is 60.6 Å². The maximum absolute atomic E-state index is 6.93. The number of hydrogen-bond donors (Lipinski definition) is 0. The standard InChI is InChI=1S/C56H32O2/c1-2-14-34-32-48-35(31-33(34)13-1)27-28-37-36(48)21-11-22-38(37)52-39-15-3-5-17-41(39)53(42-18-6-4-16-40(42)52)47-30-29-44(56-55(47)46-20-8-10-25-50(46)58-56)43-23-12-26-51-54(43)45-19-7-9-24-49(45)57-51/h1-32H. The van der Waals surface area contributed by atoms with E-state index in [1.165, 1.54) is 70.6 Å². The molecule has 0 spiro atoms. The van der Waals surface area contributed by atoms with Gasteiger partial charge in [-0.25, -0.2) is 0 Å². The molecule has 0 aliphatic heterocycles. The Morgan fingerprint density at radius 2 is 0.759 bits per heavy atom. The van der Waals surface area contributed by atoms with Gasteiger partial charge in [0, 0.05) is 27.1 Å². The highest BCUT2D eigenvalue weighted by atomic mass is 16.3. The Bertz CT molecular complexity index is 3800. The van der Waals surface area contributed by atoms with Gasteiger partial charge in [-0.3, -0.25) is 0 Å². The van der Waals surface area contributed by atoms with Gasteiger partial charge in [-0.05, 0) is 118 Å². The molecule has 0 amide bonds. The summed E-state index contributed by atoms with van der Waals surface area (Å²) in [6, 6.07) is 70.4. The van der Waals surface area contributed by atoms with Gasteiger partial charge in [0.15, 0.2) is 0 Å². The van der Waals surface area contributed by atoms with Crippen LogP contribution in [0.1, 0.15) is 0 Å². The molecule has 11 aromatic carbocycles. The van der Waals surface area contributed by atoms with E-state index in [4.69, 9.17) is 8.83 Å². The lowest BCUT2D eigenvalue weighted by molar-refractivity contribution is 0.668. The zero-order valence-corrected chi connectivity index (χ0v) is 31.3. The first-order valence-electron chi connectivity index (χ1n) is 19.9. The molecule has 0 N–H and O–H groups in total. The van der Waals surface area contributed by atoms with Gasteiger partial charge in [-0.15, -0.1) is 0 Å². The van der Waals surface area contributed by atoms with Crippen molar-refractivity contribution in [2.24, 2.45) is 0 Å². The second kappa shape index (κ2) is 11.9. The molecule has 2 nitrogen and oxygen atoms in total. The second-order valence-corrected chi connectivity index (χ2v) is 15.5. The van der Waals surface area contributed by atoms with Crippen molar-refractivity contribution in [2.45, 2.75) is 0 Å². The van der Waals surface area contributed by atoms with Gasteiger partial charge in [0.05, 0.1) is 0 Å². The van der Waals surface area contributed by atoms with Gasteiger partial charge in [-0.1, -0.05) is 158 Å². The fraction of sp³-hybridized carbons (Fsp3) is 0. The fourth-order valence-electron chi connectivity index (χ4n) is 9.96. The molecule has 0 aliphatic carbocycles. The number of para-hydroxylation sites is 2. The average Bonchev–Trinajstić information content (AvgIpc) is 3.87. The molecule has 2 heteroatoms. The lowest BCUT2D eigenvalue weighted by Crippen LogP contribution is -1.93. The first-order valence-corrected chi connectivity index (χ1v) is 19.9. The highest BCUT2D eigenvalue weighted by Gasteiger charge is 2.24. The third-order valence-electron chi connectivity index (χ3n) is 12.4. The van der Waals surface area contributed by atoms with Crippen molar-refractivity contribution in [1.29, 1.82) is 0 Å². The molecule has 13 rings (SSSR count). The van der Waals surface area contributed by atoms with E-state index in [1.54, 1.807) is 0 Å². The Hall–Kier alpha value is -7.68. The van der Waals surface area contributed by atoms with Gasteiger partial charge in [0.2, 0.25) is 0 Å². The molecule has 0 radical (unpaired) electrons. The predicted molar refractivity (Wildman–Crippen MR) is 245 cm³/mol. The summed E-state index contributed by atoms with van der Waals surface area (Å²) in [7, 11) is 0. The number of rotatable bonds is 3. The predicted octanol–water partition coefficient (Wildman–Crippen LogP) is 16.3. The zero-order valence-electron chi connectivity index (χ0n) is 31.3.